The number of hydrogen-bond acceptors (Lipinski definition) is 2. The molecule has 2 heteroatoms. The largest absolute Gasteiger partial charge is 0.391 e. The summed E-state index contributed by atoms with van der Waals surface area (Å²) in [5.74, 6) is 0.533. The molecule has 1 aromatic rings. The molecule has 2 unspecified atom stereocenters. The first-order chi connectivity index (χ1) is 7.09. The van der Waals surface area contributed by atoms with Crippen LogP contribution in [0.1, 0.15) is 25.8 Å². The van der Waals surface area contributed by atoms with Crippen LogP contribution in [0.3, 0.4) is 0 Å². The maximum absolute atomic E-state index is 9.90. The molecule has 84 valence electrons. The Bertz CT molecular complexity index is 271. The normalized spacial score (nSPS) is 15.3. The lowest BCUT2D eigenvalue weighted by Gasteiger charge is -2.20. The Balaban J connectivity index is 2.45. The molecule has 15 heavy (non-hydrogen) atoms. The molecular formula is C13H21NO. The van der Waals surface area contributed by atoms with E-state index in [1.165, 1.54) is 0 Å². The van der Waals surface area contributed by atoms with Crippen molar-refractivity contribution in [1.29, 1.82) is 0 Å². The first-order valence-corrected chi connectivity index (χ1v) is 5.57. The van der Waals surface area contributed by atoms with E-state index in [0.29, 0.717) is 12.3 Å². The van der Waals surface area contributed by atoms with Crippen molar-refractivity contribution < 1.29 is 5.11 Å². The fourth-order valence-corrected chi connectivity index (χ4v) is 1.71. The van der Waals surface area contributed by atoms with Crippen molar-refractivity contribution in [3.8, 4) is 0 Å². The molecule has 0 bridgehead atoms. The van der Waals surface area contributed by atoms with Gasteiger partial charge in [-0.25, -0.2) is 0 Å². The summed E-state index contributed by atoms with van der Waals surface area (Å²) in [6, 6.07) is 9.86. The molecule has 2 atom stereocenters. The zero-order valence-electron chi connectivity index (χ0n) is 9.56. The molecule has 0 heterocycles. The fraction of sp³-hybridized carbons (Fsp3) is 0.538. The lowest BCUT2D eigenvalue weighted by molar-refractivity contribution is 0.134. The number of benzene rings is 1. The fourth-order valence-electron chi connectivity index (χ4n) is 1.71. The lowest BCUT2D eigenvalue weighted by Crippen LogP contribution is -2.37. The van der Waals surface area contributed by atoms with Gasteiger partial charge in [0.15, 0.2) is 0 Å². The first kappa shape index (κ1) is 12.2. The predicted molar refractivity (Wildman–Crippen MR) is 63.6 cm³/mol. The van der Waals surface area contributed by atoms with E-state index in [4.69, 9.17) is 5.73 Å². The first-order valence-electron chi connectivity index (χ1n) is 5.57. The van der Waals surface area contributed by atoms with E-state index < -0.39 is 6.10 Å². The van der Waals surface area contributed by atoms with Crippen molar-refractivity contribution in [3.63, 3.8) is 0 Å². The van der Waals surface area contributed by atoms with Gasteiger partial charge < -0.3 is 10.8 Å². The van der Waals surface area contributed by atoms with Gasteiger partial charge in [-0.05, 0) is 24.3 Å². The van der Waals surface area contributed by atoms with Gasteiger partial charge in [0.2, 0.25) is 0 Å². The van der Waals surface area contributed by atoms with Crippen molar-refractivity contribution in [1.82, 2.24) is 0 Å². The Hall–Kier alpha value is -0.860. The molecule has 0 aliphatic rings. The highest BCUT2D eigenvalue weighted by Crippen LogP contribution is 2.10. The third kappa shape index (κ3) is 4.45. The molecule has 2 nitrogen and oxygen atoms in total. The van der Waals surface area contributed by atoms with Crippen LogP contribution >= 0.6 is 0 Å². The molecule has 0 fully saturated rings. The highest BCUT2D eigenvalue weighted by molar-refractivity contribution is 5.15. The average molecular weight is 207 g/mol. The number of nitrogens with two attached hydrogens (primary N) is 1. The molecule has 0 saturated carbocycles. The van der Waals surface area contributed by atoms with Crippen LogP contribution in [0.25, 0.3) is 0 Å². The number of rotatable bonds is 5. The number of aliphatic hydroxyl groups excluding tert-OH is 1. The van der Waals surface area contributed by atoms with Gasteiger partial charge in [-0.1, -0.05) is 44.2 Å². The minimum atomic E-state index is -0.435. The van der Waals surface area contributed by atoms with Gasteiger partial charge in [-0.15, -0.1) is 0 Å². The topological polar surface area (TPSA) is 46.2 Å². The monoisotopic (exact) mass is 207 g/mol. The van der Waals surface area contributed by atoms with Crippen molar-refractivity contribution in [3.05, 3.63) is 35.9 Å². The van der Waals surface area contributed by atoms with Gasteiger partial charge in [0, 0.05) is 6.04 Å². The van der Waals surface area contributed by atoms with Crippen LogP contribution in [0.4, 0.5) is 0 Å². The number of aliphatic hydroxyl groups is 1. The molecule has 0 amide bonds. The van der Waals surface area contributed by atoms with E-state index in [1.54, 1.807) is 0 Å². The molecule has 0 aliphatic heterocycles. The third-order valence-electron chi connectivity index (χ3n) is 2.53. The minimum absolute atomic E-state index is 0.120. The summed E-state index contributed by atoms with van der Waals surface area (Å²) >= 11 is 0. The molecule has 3 N–H and O–H groups in total. The van der Waals surface area contributed by atoms with E-state index >= 15 is 0 Å². The zero-order valence-corrected chi connectivity index (χ0v) is 9.56. The molecule has 1 aromatic carbocycles. The van der Waals surface area contributed by atoms with E-state index in [0.717, 1.165) is 12.0 Å². The van der Waals surface area contributed by atoms with Crippen LogP contribution in [-0.4, -0.2) is 17.3 Å². The van der Waals surface area contributed by atoms with Crippen LogP contribution in [0.5, 0.6) is 0 Å². The van der Waals surface area contributed by atoms with Gasteiger partial charge >= 0.3 is 0 Å². The maximum Gasteiger partial charge on any atom is 0.0731 e. The standard InChI is InChI=1S/C13H21NO/c1-10(2)8-12(14)13(15)9-11-6-4-3-5-7-11/h3-7,10,12-13,15H,8-9,14H2,1-2H3. The molecule has 1 rings (SSSR count). The van der Waals surface area contributed by atoms with Crippen molar-refractivity contribution in [2.45, 2.75) is 38.8 Å². The summed E-state index contributed by atoms with van der Waals surface area (Å²) in [5.41, 5.74) is 7.06. The van der Waals surface area contributed by atoms with E-state index in [9.17, 15) is 5.11 Å². The zero-order chi connectivity index (χ0) is 11.3. The molecule has 0 aromatic heterocycles. The van der Waals surface area contributed by atoms with E-state index in [2.05, 4.69) is 13.8 Å². The summed E-state index contributed by atoms with van der Waals surface area (Å²) in [6.45, 7) is 4.24. The molecular weight excluding hydrogens is 186 g/mol. The van der Waals surface area contributed by atoms with Crippen molar-refractivity contribution in [2.75, 3.05) is 0 Å². The summed E-state index contributed by atoms with van der Waals surface area (Å²) in [5, 5.41) is 9.90. The predicted octanol–water partition coefficient (Wildman–Crippen LogP) is 1.96. The Morgan fingerprint density at radius 3 is 2.33 bits per heavy atom. The Labute approximate surface area is 92.1 Å². The van der Waals surface area contributed by atoms with Crippen LogP contribution in [0.15, 0.2) is 30.3 Å². The van der Waals surface area contributed by atoms with E-state index in [-0.39, 0.29) is 6.04 Å². The second kappa shape index (κ2) is 5.89. The Morgan fingerprint density at radius 1 is 1.20 bits per heavy atom. The highest BCUT2D eigenvalue weighted by atomic mass is 16.3. The lowest BCUT2D eigenvalue weighted by atomic mass is 9.96. The van der Waals surface area contributed by atoms with Crippen molar-refractivity contribution >= 4 is 0 Å². The Kier molecular flexibility index (Phi) is 4.79. The van der Waals surface area contributed by atoms with Gasteiger partial charge in [-0.2, -0.15) is 0 Å². The molecule has 0 spiro atoms. The van der Waals surface area contributed by atoms with Gasteiger partial charge in [0.05, 0.1) is 6.10 Å². The Morgan fingerprint density at radius 2 is 1.80 bits per heavy atom. The number of hydrogen-bond donors (Lipinski definition) is 2. The quantitative estimate of drug-likeness (QED) is 0.775. The summed E-state index contributed by atoms with van der Waals surface area (Å²) in [4.78, 5) is 0. The summed E-state index contributed by atoms with van der Waals surface area (Å²) in [6.07, 6.45) is 1.08. The molecule has 0 saturated heterocycles. The molecule has 0 radical (unpaired) electrons. The molecule has 0 aliphatic carbocycles. The van der Waals surface area contributed by atoms with E-state index in [1.807, 2.05) is 30.3 Å². The second-order valence-electron chi connectivity index (χ2n) is 4.55. The SMILES string of the molecule is CC(C)CC(N)C(O)Cc1ccccc1. The van der Waals surface area contributed by atoms with Gasteiger partial charge in [0.1, 0.15) is 0 Å². The van der Waals surface area contributed by atoms with Crippen LogP contribution < -0.4 is 5.73 Å². The van der Waals surface area contributed by atoms with Crippen molar-refractivity contribution in [2.24, 2.45) is 11.7 Å². The van der Waals surface area contributed by atoms with Crippen LogP contribution in [0, 0.1) is 5.92 Å². The van der Waals surface area contributed by atoms with Crippen LogP contribution in [0.2, 0.25) is 0 Å². The second-order valence-corrected chi connectivity index (χ2v) is 4.55. The highest BCUT2D eigenvalue weighted by Gasteiger charge is 2.16. The average Bonchev–Trinajstić information content (AvgIpc) is 2.18. The smallest absolute Gasteiger partial charge is 0.0731 e. The minimum Gasteiger partial charge on any atom is -0.391 e. The van der Waals surface area contributed by atoms with Gasteiger partial charge in [0.25, 0.3) is 0 Å². The third-order valence-corrected chi connectivity index (χ3v) is 2.53. The summed E-state index contributed by atoms with van der Waals surface area (Å²) < 4.78 is 0. The maximum atomic E-state index is 9.90. The van der Waals surface area contributed by atoms with Gasteiger partial charge in [-0.3, -0.25) is 0 Å². The summed E-state index contributed by atoms with van der Waals surface area (Å²) in [7, 11) is 0. The van der Waals surface area contributed by atoms with Crippen LogP contribution in [-0.2, 0) is 6.42 Å².